The molecule has 0 saturated carbocycles. The van der Waals surface area contributed by atoms with Gasteiger partial charge in [0.25, 0.3) is 5.56 Å². The number of phenols is 1. The van der Waals surface area contributed by atoms with E-state index < -0.39 is 0 Å². The first kappa shape index (κ1) is 21.4. The van der Waals surface area contributed by atoms with Gasteiger partial charge in [0.15, 0.2) is 17.1 Å². The molecule has 0 unspecified atom stereocenters. The highest BCUT2D eigenvalue weighted by atomic mass is 79.9. The van der Waals surface area contributed by atoms with Crippen molar-refractivity contribution in [2.24, 2.45) is 0 Å². The summed E-state index contributed by atoms with van der Waals surface area (Å²) in [6, 6.07) is 12.6. The molecule has 30 heavy (non-hydrogen) atoms. The van der Waals surface area contributed by atoms with Gasteiger partial charge in [-0.25, -0.2) is 0 Å². The van der Waals surface area contributed by atoms with Gasteiger partial charge in [0, 0.05) is 0 Å². The molecule has 1 N–H and O–H groups in total. The first-order valence-electron chi connectivity index (χ1n) is 8.73. The van der Waals surface area contributed by atoms with Crippen molar-refractivity contribution in [1.82, 2.24) is 4.57 Å². The van der Waals surface area contributed by atoms with Crippen LogP contribution in [0.3, 0.4) is 0 Å². The monoisotopic (exact) mass is 481 g/mol. The highest BCUT2D eigenvalue weighted by Gasteiger charge is 2.14. The smallest absolute Gasteiger partial charge is 0.273 e. The SMILES string of the molecule is COc1cc(C=c2sc(=C(C#N)C#N)n(-c3ccc(C)cc3C)c2=O)cc(Br)c1O. The number of halogens is 1. The molecule has 0 radical (unpaired) electrons. The van der Waals surface area contributed by atoms with Crippen LogP contribution in [0.15, 0.2) is 39.6 Å². The molecule has 3 rings (SSSR count). The zero-order chi connectivity index (χ0) is 22.0. The number of aryl methyl sites for hydroxylation is 2. The Labute approximate surface area is 185 Å². The highest BCUT2D eigenvalue weighted by molar-refractivity contribution is 9.10. The maximum absolute atomic E-state index is 13.3. The van der Waals surface area contributed by atoms with Crippen LogP contribution in [0.1, 0.15) is 16.7 Å². The molecule has 0 aliphatic rings. The Bertz CT molecular complexity index is 1410. The highest BCUT2D eigenvalue weighted by Crippen LogP contribution is 2.35. The van der Waals surface area contributed by atoms with Crippen LogP contribution in [0.4, 0.5) is 0 Å². The van der Waals surface area contributed by atoms with Crippen molar-refractivity contribution in [3.05, 3.63) is 71.0 Å². The average Bonchev–Trinajstić information content (AvgIpc) is 3.01. The molecule has 0 aliphatic carbocycles. The quantitative estimate of drug-likeness (QED) is 0.619. The number of aromatic hydroxyl groups is 1. The zero-order valence-electron chi connectivity index (χ0n) is 16.4. The van der Waals surface area contributed by atoms with Gasteiger partial charge in [0.2, 0.25) is 0 Å². The van der Waals surface area contributed by atoms with Crippen LogP contribution >= 0.6 is 27.3 Å². The molecular weight excluding hydrogens is 466 g/mol. The molecular formula is C22H16BrN3O3S. The van der Waals surface area contributed by atoms with Gasteiger partial charge in [-0.2, -0.15) is 10.5 Å². The number of nitrogens with zero attached hydrogens (tertiary/aromatic N) is 3. The first-order valence-corrected chi connectivity index (χ1v) is 10.3. The minimum absolute atomic E-state index is 0.0428. The van der Waals surface area contributed by atoms with E-state index in [-0.39, 0.29) is 27.3 Å². The van der Waals surface area contributed by atoms with Crippen molar-refractivity contribution >= 4 is 38.9 Å². The fraction of sp³-hybridized carbons (Fsp3) is 0.136. The largest absolute Gasteiger partial charge is 0.503 e. The molecule has 0 fully saturated rings. The summed E-state index contributed by atoms with van der Waals surface area (Å²) in [6.07, 6.45) is 1.63. The van der Waals surface area contributed by atoms with Crippen molar-refractivity contribution in [1.29, 1.82) is 10.5 Å². The van der Waals surface area contributed by atoms with Gasteiger partial charge in [-0.1, -0.05) is 17.7 Å². The molecule has 0 atom stereocenters. The lowest BCUT2D eigenvalue weighted by molar-refractivity contribution is 0.372. The fourth-order valence-electron chi connectivity index (χ4n) is 3.03. The number of nitriles is 2. The van der Waals surface area contributed by atoms with E-state index in [0.29, 0.717) is 20.3 Å². The van der Waals surface area contributed by atoms with Crippen LogP contribution < -0.4 is 19.5 Å². The van der Waals surface area contributed by atoms with E-state index >= 15 is 0 Å². The van der Waals surface area contributed by atoms with E-state index in [0.717, 1.165) is 22.5 Å². The molecule has 2 aromatic carbocycles. The van der Waals surface area contributed by atoms with Gasteiger partial charge in [-0.05, 0) is 65.2 Å². The predicted octanol–water partition coefficient (Wildman–Crippen LogP) is 3.02. The lowest BCUT2D eigenvalue weighted by Gasteiger charge is -2.07. The number of methoxy groups -OCH3 is 1. The Balaban J connectivity index is 2.41. The van der Waals surface area contributed by atoms with Gasteiger partial charge < -0.3 is 9.84 Å². The predicted molar refractivity (Wildman–Crippen MR) is 119 cm³/mol. The average molecular weight is 482 g/mol. The number of benzene rings is 2. The summed E-state index contributed by atoms with van der Waals surface area (Å²) >= 11 is 4.33. The molecule has 0 aliphatic heterocycles. The number of hydrogen-bond acceptors (Lipinski definition) is 6. The fourth-order valence-corrected chi connectivity index (χ4v) is 4.54. The number of hydrogen-bond donors (Lipinski definition) is 1. The summed E-state index contributed by atoms with van der Waals surface area (Å²) in [5.41, 5.74) is 2.65. The van der Waals surface area contributed by atoms with Crippen molar-refractivity contribution in [2.45, 2.75) is 13.8 Å². The van der Waals surface area contributed by atoms with Crippen LogP contribution in [-0.4, -0.2) is 16.8 Å². The third-order valence-corrected chi connectivity index (χ3v) is 6.12. The Kier molecular flexibility index (Phi) is 6.12. The molecule has 0 saturated heterocycles. The summed E-state index contributed by atoms with van der Waals surface area (Å²) in [6.45, 7) is 3.82. The van der Waals surface area contributed by atoms with Gasteiger partial charge in [0.05, 0.1) is 21.8 Å². The van der Waals surface area contributed by atoms with Gasteiger partial charge in [-0.15, -0.1) is 11.3 Å². The second kappa shape index (κ2) is 8.58. The molecule has 0 spiro atoms. The minimum Gasteiger partial charge on any atom is -0.503 e. The second-order valence-corrected chi connectivity index (χ2v) is 8.38. The van der Waals surface area contributed by atoms with Crippen LogP contribution in [-0.2, 0) is 0 Å². The van der Waals surface area contributed by atoms with E-state index in [2.05, 4.69) is 15.9 Å². The molecule has 8 heteroatoms. The molecule has 0 amide bonds. The van der Waals surface area contributed by atoms with Gasteiger partial charge in [0.1, 0.15) is 16.8 Å². The summed E-state index contributed by atoms with van der Waals surface area (Å²) in [5, 5.41) is 28.8. The Morgan fingerprint density at radius 2 is 1.93 bits per heavy atom. The van der Waals surface area contributed by atoms with E-state index in [9.17, 15) is 20.4 Å². The number of aromatic nitrogens is 1. The van der Waals surface area contributed by atoms with Crippen LogP contribution in [0, 0.1) is 36.5 Å². The topological polar surface area (TPSA) is 99.0 Å². The van der Waals surface area contributed by atoms with E-state index in [4.69, 9.17) is 4.74 Å². The van der Waals surface area contributed by atoms with Crippen molar-refractivity contribution in [3.63, 3.8) is 0 Å². The third kappa shape index (κ3) is 3.88. The number of rotatable bonds is 3. The Hall–Kier alpha value is -3.33. The number of ether oxygens (including phenoxy) is 1. The van der Waals surface area contributed by atoms with Gasteiger partial charge >= 0.3 is 0 Å². The summed E-state index contributed by atoms with van der Waals surface area (Å²) in [7, 11) is 1.43. The van der Waals surface area contributed by atoms with Crippen LogP contribution in [0.5, 0.6) is 11.5 Å². The van der Waals surface area contributed by atoms with Crippen LogP contribution in [0.25, 0.3) is 17.3 Å². The third-order valence-electron chi connectivity index (χ3n) is 4.42. The lowest BCUT2D eigenvalue weighted by Crippen LogP contribution is -2.31. The molecule has 6 nitrogen and oxygen atoms in total. The standard InChI is InChI=1S/C22H16BrN3O3S/c1-12-4-5-17(13(2)6-12)26-21(28)19(30-22(26)15(10-24)11-25)9-14-7-16(23)20(27)18(8-14)29-3/h4-9,27H,1-3H3. The normalized spacial score (nSPS) is 11.1. The van der Waals surface area contributed by atoms with E-state index in [1.807, 2.05) is 38.1 Å². The van der Waals surface area contributed by atoms with Gasteiger partial charge in [-0.3, -0.25) is 9.36 Å². The first-order chi connectivity index (χ1) is 14.3. The number of phenolic OH excluding ortho intramolecular Hbond substituents is 1. The minimum atomic E-state index is -0.340. The molecule has 150 valence electrons. The second-order valence-electron chi connectivity index (χ2n) is 6.50. The molecule has 1 aromatic heterocycles. The van der Waals surface area contributed by atoms with E-state index in [1.54, 1.807) is 24.3 Å². The van der Waals surface area contributed by atoms with Crippen molar-refractivity contribution < 1.29 is 9.84 Å². The molecule has 3 aromatic rings. The summed E-state index contributed by atoms with van der Waals surface area (Å²) < 4.78 is 7.59. The summed E-state index contributed by atoms with van der Waals surface area (Å²) in [5.74, 6) is 0.210. The maximum Gasteiger partial charge on any atom is 0.273 e. The van der Waals surface area contributed by atoms with Crippen molar-refractivity contribution in [2.75, 3.05) is 7.11 Å². The van der Waals surface area contributed by atoms with Crippen LogP contribution in [0.2, 0.25) is 0 Å². The maximum atomic E-state index is 13.3. The zero-order valence-corrected chi connectivity index (χ0v) is 18.8. The Morgan fingerprint density at radius 3 is 2.53 bits per heavy atom. The van der Waals surface area contributed by atoms with Crippen molar-refractivity contribution in [3.8, 4) is 29.3 Å². The Morgan fingerprint density at radius 1 is 1.23 bits per heavy atom. The molecule has 1 heterocycles. The summed E-state index contributed by atoms with van der Waals surface area (Å²) in [4.78, 5) is 13.3. The number of thiazole rings is 1. The molecule has 0 bridgehead atoms. The van der Waals surface area contributed by atoms with E-state index in [1.165, 1.54) is 11.7 Å². The lowest BCUT2D eigenvalue weighted by atomic mass is 10.1.